The van der Waals surface area contributed by atoms with Crippen molar-refractivity contribution in [2.24, 2.45) is 0 Å². The average molecular weight is 190 g/mol. The molecule has 0 heterocycles. The van der Waals surface area contributed by atoms with Crippen LogP contribution in [0.25, 0.3) is 0 Å². The first kappa shape index (κ1) is 11.4. The predicted molar refractivity (Wildman–Crippen MR) is 57.8 cm³/mol. The van der Waals surface area contributed by atoms with E-state index in [1.54, 1.807) is 0 Å². The van der Waals surface area contributed by atoms with Crippen molar-refractivity contribution in [2.45, 2.75) is 26.2 Å². The second kappa shape index (κ2) is 3.84. The van der Waals surface area contributed by atoms with Gasteiger partial charge in [-0.2, -0.15) is 0 Å². The smallest absolute Gasteiger partial charge is 0.192 e. The van der Waals surface area contributed by atoms with Crippen molar-refractivity contribution in [1.29, 1.82) is 0 Å². The highest BCUT2D eigenvalue weighted by Gasteiger charge is 2.30. The van der Waals surface area contributed by atoms with Gasteiger partial charge >= 0.3 is 0 Å². The number of hydrogen-bond donors (Lipinski definition) is 0. The first-order chi connectivity index (χ1) is 4.80. The van der Waals surface area contributed by atoms with Gasteiger partial charge in [-0.1, -0.05) is 13.1 Å². The van der Waals surface area contributed by atoms with Gasteiger partial charge in [-0.3, -0.25) is 0 Å². The molecule has 0 spiro atoms. The van der Waals surface area contributed by atoms with Gasteiger partial charge in [0.1, 0.15) is 0 Å². The maximum atomic E-state index is 2.63. The standard InChI is InChI=1S/C7H22N2Si2/c1-8(2)11(6,7)9(3)10(4)5/h10H,1-7H3. The third kappa shape index (κ3) is 2.70. The molecular formula is C7H22N2Si2. The molecule has 0 aliphatic heterocycles. The Hall–Kier alpha value is 0.354. The van der Waals surface area contributed by atoms with Crippen molar-refractivity contribution < 1.29 is 0 Å². The van der Waals surface area contributed by atoms with E-state index in [-0.39, 0.29) is 0 Å². The second-order valence-electron chi connectivity index (χ2n) is 4.09. The SMILES string of the molecule is CN(C)[Si](C)(C)N(C)[SiH](C)C. The van der Waals surface area contributed by atoms with E-state index < -0.39 is 17.4 Å². The van der Waals surface area contributed by atoms with E-state index in [4.69, 9.17) is 0 Å². The zero-order valence-electron chi connectivity index (χ0n) is 8.97. The van der Waals surface area contributed by atoms with Gasteiger partial charge in [0.25, 0.3) is 0 Å². The van der Waals surface area contributed by atoms with Crippen LogP contribution in [-0.4, -0.2) is 47.3 Å². The third-order valence-electron chi connectivity index (χ3n) is 2.73. The predicted octanol–water partition coefficient (Wildman–Crippen LogP) is 1.16. The van der Waals surface area contributed by atoms with E-state index in [0.29, 0.717) is 0 Å². The fourth-order valence-electron chi connectivity index (χ4n) is 0.947. The Balaban J connectivity index is 4.29. The lowest BCUT2D eigenvalue weighted by atomic mass is 11.3. The highest BCUT2D eigenvalue weighted by molar-refractivity contribution is 6.81. The first-order valence-corrected chi connectivity index (χ1v) is 9.92. The Kier molecular flexibility index (Phi) is 3.97. The molecule has 0 atom stereocenters. The topological polar surface area (TPSA) is 6.48 Å². The van der Waals surface area contributed by atoms with E-state index in [9.17, 15) is 0 Å². The van der Waals surface area contributed by atoms with Crippen LogP contribution in [0.5, 0.6) is 0 Å². The molecule has 0 aliphatic rings. The molecule has 0 saturated carbocycles. The minimum absolute atomic E-state index is 0.592. The molecule has 0 rings (SSSR count). The fraction of sp³-hybridized carbons (Fsp3) is 1.00. The average Bonchev–Trinajstić information content (AvgIpc) is 1.85. The largest absolute Gasteiger partial charge is 0.339 e. The molecule has 0 fully saturated rings. The summed E-state index contributed by atoms with van der Waals surface area (Å²) >= 11 is 0. The molecule has 0 N–H and O–H groups in total. The van der Waals surface area contributed by atoms with Crippen LogP contribution >= 0.6 is 0 Å². The van der Waals surface area contributed by atoms with Gasteiger partial charge in [-0.25, -0.2) is 0 Å². The second-order valence-corrected chi connectivity index (χ2v) is 12.2. The number of hydrogen-bond acceptors (Lipinski definition) is 2. The Bertz CT molecular complexity index is 124. The fourth-order valence-corrected chi connectivity index (χ4v) is 7.33. The number of rotatable bonds is 3. The van der Waals surface area contributed by atoms with E-state index in [2.05, 4.69) is 56.1 Å². The van der Waals surface area contributed by atoms with Crippen molar-refractivity contribution in [1.82, 2.24) is 8.80 Å². The molecular weight excluding hydrogens is 168 g/mol. The van der Waals surface area contributed by atoms with Crippen LogP contribution in [-0.2, 0) is 0 Å². The molecule has 2 nitrogen and oxygen atoms in total. The maximum absolute atomic E-state index is 2.63. The van der Waals surface area contributed by atoms with Crippen LogP contribution in [0.15, 0.2) is 0 Å². The van der Waals surface area contributed by atoms with Gasteiger partial charge in [0.15, 0.2) is 8.40 Å². The zero-order chi connectivity index (χ0) is 9.23. The number of nitrogens with zero attached hydrogens (tertiary/aromatic N) is 2. The lowest BCUT2D eigenvalue weighted by Gasteiger charge is -2.41. The third-order valence-corrected chi connectivity index (χ3v) is 11.6. The zero-order valence-corrected chi connectivity index (χ0v) is 11.1. The lowest BCUT2D eigenvalue weighted by molar-refractivity contribution is 0.550. The Morgan fingerprint density at radius 3 is 1.45 bits per heavy atom. The Morgan fingerprint density at radius 1 is 1.00 bits per heavy atom. The maximum Gasteiger partial charge on any atom is 0.192 e. The summed E-state index contributed by atoms with van der Waals surface area (Å²) in [5, 5.41) is 0. The Labute approximate surface area is 74.0 Å². The van der Waals surface area contributed by atoms with Crippen LogP contribution < -0.4 is 0 Å². The van der Waals surface area contributed by atoms with E-state index >= 15 is 0 Å². The van der Waals surface area contributed by atoms with E-state index in [0.717, 1.165) is 0 Å². The van der Waals surface area contributed by atoms with Crippen molar-refractivity contribution in [2.75, 3.05) is 21.1 Å². The van der Waals surface area contributed by atoms with Crippen molar-refractivity contribution >= 4 is 17.4 Å². The van der Waals surface area contributed by atoms with Crippen LogP contribution in [0, 0.1) is 0 Å². The normalized spacial score (nSPS) is 13.6. The Morgan fingerprint density at radius 2 is 1.36 bits per heavy atom. The summed E-state index contributed by atoms with van der Waals surface area (Å²) in [5.41, 5.74) is 0. The highest BCUT2D eigenvalue weighted by atomic mass is 28.4. The van der Waals surface area contributed by atoms with E-state index in [1.165, 1.54) is 0 Å². The van der Waals surface area contributed by atoms with E-state index in [1.807, 2.05) is 0 Å². The molecule has 0 amide bonds. The van der Waals surface area contributed by atoms with Gasteiger partial charge in [0.2, 0.25) is 0 Å². The van der Waals surface area contributed by atoms with Crippen molar-refractivity contribution in [3.63, 3.8) is 0 Å². The molecule has 0 aromatic rings. The van der Waals surface area contributed by atoms with Crippen LogP contribution in [0.1, 0.15) is 0 Å². The molecule has 0 radical (unpaired) electrons. The van der Waals surface area contributed by atoms with Crippen LogP contribution in [0.2, 0.25) is 26.2 Å². The van der Waals surface area contributed by atoms with Gasteiger partial charge in [0, 0.05) is 0 Å². The highest BCUT2D eigenvalue weighted by Crippen LogP contribution is 2.11. The minimum Gasteiger partial charge on any atom is -0.339 e. The van der Waals surface area contributed by atoms with Gasteiger partial charge in [0.05, 0.1) is 8.96 Å². The molecule has 0 aromatic carbocycles. The summed E-state index contributed by atoms with van der Waals surface area (Å²) in [6, 6.07) is 0. The van der Waals surface area contributed by atoms with Crippen LogP contribution in [0.4, 0.5) is 0 Å². The summed E-state index contributed by atoms with van der Waals surface area (Å²) in [6.45, 7) is 9.58. The van der Waals surface area contributed by atoms with Gasteiger partial charge in [-0.15, -0.1) is 0 Å². The lowest BCUT2D eigenvalue weighted by Crippen LogP contribution is -2.60. The quantitative estimate of drug-likeness (QED) is 0.617. The van der Waals surface area contributed by atoms with Crippen LogP contribution in [0.3, 0.4) is 0 Å². The molecule has 68 valence electrons. The summed E-state index contributed by atoms with van der Waals surface area (Å²) < 4.78 is 5.03. The molecule has 0 saturated heterocycles. The molecule has 11 heavy (non-hydrogen) atoms. The molecule has 0 bridgehead atoms. The van der Waals surface area contributed by atoms with Gasteiger partial charge < -0.3 is 8.80 Å². The molecule has 4 heteroatoms. The van der Waals surface area contributed by atoms with Gasteiger partial charge in [-0.05, 0) is 34.2 Å². The minimum atomic E-state index is -1.22. The molecule has 0 aliphatic carbocycles. The summed E-state index contributed by atoms with van der Waals surface area (Å²) in [4.78, 5) is 0. The van der Waals surface area contributed by atoms with Crippen molar-refractivity contribution in [3.8, 4) is 0 Å². The molecule has 0 aromatic heterocycles. The first-order valence-electron chi connectivity index (χ1n) is 4.20. The summed E-state index contributed by atoms with van der Waals surface area (Å²) in [5.74, 6) is 0. The molecule has 0 unspecified atom stereocenters. The van der Waals surface area contributed by atoms with Crippen molar-refractivity contribution in [3.05, 3.63) is 0 Å². The summed E-state index contributed by atoms with van der Waals surface area (Å²) in [7, 11) is 4.86. The monoisotopic (exact) mass is 190 g/mol. The summed E-state index contributed by atoms with van der Waals surface area (Å²) in [6.07, 6.45) is 0.